The number of hydrogen-bond acceptors (Lipinski definition) is 7. The monoisotopic (exact) mass is 610 g/mol. The molecule has 7 rings (SSSR count). The molecule has 3 aliphatic carbocycles. The van der Waals surface area contributed by atoms with Crippen molar-refractivity contribution >= 4 is 17.8 Å². The minimum Gasteiger partial charge on any atom is -0.455 e. The topological polar surface area (TPSA) is 80.3 Å². The molecule has 45 heavy (non-hydrogen) atoms. The van der Waals surface area contributed by atoms with Crippen molar-refractivity contribution in [2.45, 2.75) is 96.5 Å². The summed E-state index contributed by atoms with van der Waals surface area (Å²) in [6.45, 7) is 14.9. The van der Waals surface area contributed by atoms with Crippen molar-refractivity contribution in [1.82, 2.24) is 0 Å². The summed E-state index contributed by atoms with van der Waals surface area (Å²) in [5.41, 5.74) is 2.02. The molecule has 2 unspecified atom stereocenters. The van der Waals surface area contributed by atoms with Crippen LogP contribution in [-0.2, 0) is 33.3 Å². The minimum absolute atomic E-state index is 0.0209. The van der Waals surface area contributed by atoms with Crippen molar-refractivity contribution < 1.29 is 33.3 Å². The van der Waals surface area contributed by atoms with Crippen LogP contribution in [0, 0.1) is 16.7 Å². The summed E-state index contributed by atoms with van der Waals surface area (Å²) in [4.78, 5) is 27.1. The summed E-state index contributed by atoms with van der Waals surface area (Å²) in [5.74, 6) is -0.766. The summed E-state index contributed by atoms with van der Waals surface area (Å²) in [6, 6.07) is 19.5. The number of rotatable bonds is 4. The number of fused-ring (bicyclic) bond motifs is 6. The van der Waals surface area contributed by atoms with Crippen molar-refractivity contribution in [3.8, 4) is 0 Å². The standard InChI is InChI=1S/C38H42O7/c1-22-27(39)21-38-33(44-35(45-38)26-15-11-8-12-16-26)31-23(2)28(43-29(40)18-17-25-13-9-7-10-14-25)19-20-37(31,6)34-32(41-24(3)42-34)30(22)36(38,4)5/h7-18,24,28,31-35H,2,19-21H2,1,3-6H3/b18-17+/t24?,28-,31?,32+,33-,34-,35-,37+,38+/m0/s1. The Morgan fingerprint density at radius 1 is 0.978 bits per heavy atom. The molecule has 2 aromatic rings. The zero-order chi connectivity index (χ0) is 31.7. The van der Waals surface area contributed by atoms with E-state index in [1.54, 1.807) is 6.08 Å². The number of allylic oxidation sites excluding steroid dienone is 1. The van der Waals surface area contributed by atoms with Crippen molar-refractivity contribution in [1.29, 1.82) is 0 Å². The lowest BCUT2D eigenvalue weighted by atomic mass is 9.48. The predicted molar refractivity (Wildman–Crippen MR) is 169 cm³/mol. The first-order valence-corrected chi connectivity index (χ1v) is 16.0. The Labute approximate surface area is 265 Å². The molecule has 0 aromatic heterocycles. The number of esters is 1. The second kappa shape index (κ2) is 10.9. The summed E-state index contributed by atoms with van der Waals surface area (Å²) in [6.07, 6.45) is 1.60. The Hall–Kier alpha value is -3.36. The zero-order valence-electron chi connectivity index (χ0n) is 26.7. The van der Waals surface area contributed by atoms with Gasteiger partial charge in [-0.1, -0.05) is 88.0 Å². The van der Waals surface area contributed by atoms with E-state index in [1.807, 2.05) is 74.5 Å². The van der Waals surface area contributed by atoms with E-state index in [9.17, 15) is 9.59 Å². The maximum absolute atomic E-state index is 13.9. The van der Waals surface area contributed by atoms with Crippen molar-refractivity contribution in [2.75, 3.05) is 0 Å². The Morgan fingerprint density at radius 3 is 2.38 bits per heavy atom. The van der Waals surface area contributed by atoms with Gasteiger partial charge in [0.2, 0.25) is 0 Å². The third-order valence-electron chi connectivity index (χ3n) is 11.2. The molecule has 7 nitrogen and oxygen atoms in total. The van der Waals surface area contributed by atoms with Crippen molar-refractivity contribution in [3.05, 3.63) is 101 Å². The lowest BCUT2D eigenvalue weighted by molar-refractivity contribution is -0.167. The molecule has 2 saturated carbocycles. The highest BCUT2D eigenvalue weighted by Crippen LogP contribution is 2.67. The number of ether oxygens (including phenoxy) is 5. The first kappa shape index (κ1) is 30.3. The van der Waals surface area contributed by atoms with Gasteiger partial charge in [0.25, 0.3) is 0 Å². The summed E-state index contributed by atoms with van der Waals surface area (Å²) in [5, 5.41) is 0. The van der Waals surface area contributed by atoms with Crippen LogP contribution in [0.2, 0.25) is 0 Å². The first-order valence-electron chi connectivity index (χ1n) is 16.0. The van der Waals surface area contributed by atoms with E-state index in [1.165, 1.54) is 6.08 Å². The number of hydrogen-bond donors (Lipinski definition) is 0. The van der Waals surface area contributed by atoms with Crippen LogP contribution in [0.5, 0.6) is 0 Å². The third kappa shape index (κ3) is 4.62. The van der Waals surface area contributed by atoms with Gasteiger partial charge in [0.05, 0.1) is 12.2 Å². The lowest BCUT2D eigenvalue weighted by Crippen LogP contribution is -2.68. The molecule has 9 atom stereocenters. The Bertz CT molecular complexity index is 1580. The maximum Gasteiger partial charge on any atom is 0.331 e. The minimum atomic E-state index is -1.02. The zero-order valence-corrected chi connectivity index (χ0v) is 26.7. The number of benzene rings is 2. The Balaban J connectivity index is 1.33. The Kier molecular flexibility index (Phi) is 7.32. The molecule has 2 bridgehead atoms. The van der Waals surface area contributed by atoms with Crippen molar-refractivity contribution in [3.63, 3.8) is 0 Å². The molecule has 5 aliphatic rings. The highest BCUT2D eigenvalue weighted by molar-refractivity contribution is 5.98. The average molecular weight is 611 g/mol. The van der Waals surface area contributed by atoms with Gasteiger partial charge in [0.15, 0.2) is 18.4 Å². The molecule has 0 N–H and O–H groups in total. The quantitative estimate of drug-likeness (QED) is 0.212. The summed E-state index contributed by atoms with van der Waals surface area (Å²) in [7, 11) is 0. The fourth-order valence-corrected chi connectivity index (χ4v) is 8.90. The van der Waals surface area contributed by atoms with E-state index in [-0.39, 0.29) is 24.2 Å². The Morgan fingerprint density at radius 2 is 1.67 bits per heavy atom. The van der Waals surface area contributed by atoms with Crippen LogP contribution in [-0.4, -0.2) is 48.1 Å². The fraction of sp³-hybridized carbons (Fsp3) is 0.474. The molecule has 0 amide bonds. The molecule has 2 aliphatic heterocycles. The van der Waals surface area contributed by atoms with E-state index in [4.69, 9.17) is 23.7 Å². The van der Waals surface area contributed by atoms with Crippen LogP contribution in [0.4, 0.5) is 0 Å². The van der Waals surface area contributed by atoms with Crippen LogP contribution in [0.25, 0.3) is 6.08 Å². The van der Waals surface area contributed by atoms with Crippen LogP contribution < -0.4 is 0 Å². The largest absolute Gasteiger partial charge is 0.455 e. The van der Waals surface area contributed by atoms with Gasteiger partial charge in [-0.3, -0.25) is 4.79 Å². The summed E-state index contributed by atoms with van der Waals surface area (Å²) < 4.78 is 33.4. The lowest BCUT2D eigenvalue weighted by Gasteiger charge is -2.60. The highest BCUT2D eigenvalue weighted by atomic mass is 16.7. The van der Waals surface area contributed by atoms with Gasteiger partial charge >= 0.3 is 5.97 Å². The van der Waals surface area contributed by atoms with Gasteiger partial charge in [-0.25, -0.2) is 4.79 Å². The second-order valence-corrected chi connectivity index (χ2v) is 14.0. The smallest absolute Gasteiger partial charge is 0.331 e. The van der Waals surface area contributed by atoms with E-state index in [0.29, 0.717) is 12.8 Å². The molecule has 0 radical (unpaired) electrons. The fourth-order valence-electron chi connectivity index (χ4n) is 8.90. The predicted octanol–water partition coefficient (Wildman–Crippen LogP) is 6.90. The van der Waals surface area contributed by atoms with Crippen LogP contribution in [0.15, 0.2) is 90.0 Å². The van der Waals surface area contributed by atoms with E-state index < -0.39 is 53.3 Å². The number of carbonyl (C=O) groups is 2. The van der Waals surface area contributed by atoms with Gasteiger partial charge in [-0.2, -0.15) is 0 Å². The average Bonchev–Trinajstić information content (AvgIpc) is 3.59. The maximum atomic E-state index is 13.9. The molecule has 7 heteroatoms. The van der Waals surface area contributed by atoms with Gasteiger partial charge in [0.1, 0.15) is 17.8 Å². The van der Waals surface area contributed by atoms with Crippen LogP contribution in [0.1, 0.15) is 71.3 Å². The second-order valence-electron chi connectivity index (χ2n) is 14.0. The van der Waals surface area contributed by atoms with E-state index in [0.717, 1.165) is 27.8 Å². The molecular weight excluding hydrogens is 568 g/mol. The normalized spacial score (nSPS) is 38.7. The van der Waals surface area contributed by atoms with Gasteiger partial charge in [0, 0.05) is 34.8 Å². The van der Waals surface area contributed by atoms with Crippen LogP contribution in [0.3, 0.4) is 0 Å². The molecule has 2 saturated heterocycles. The van der Waals surface area contributed by atoms with Gasteiger partial charge in [-0.15, -0.1) is 0 Å². The van der Waals surface area contributed by atoms with Gasteiger partial charge in [-0.05, 0) is 55.0 Å². The number of ketones is 1. The molecule has 2 heterocycles. The third-order valence-corrected chi connectivity index (χ3v) is 11.2. The van der Waals surface area contributed by atoms with Gasteiger partial charge < -0.3 is 23.7 Å². The summed E-state index contributed by atoms with van der Waals surface area (Å²) >= 11 is 0. The molecule has 4 fully saturated rings. The molecular formula is C38H42O7. The molecule has 236 valence electrons. The van der Waals surface area contributed by atoms with Crippen molar-refractivity contribution in [2.24, 2.45) is 16.7 Å². The SMILES string of the molecule is C=C1C2[C@@H]3O[C@H](c4ccccc4)O[C@]34CC(=O)C(C)=C([C@H]3OC(C)O[C@@H]3[C@]2(C)CC[C@@H]1OC(=O)/C=C/c1ccccc1)C4(C)C. The number of Topliss-reactive ketones (excluding diaryl/α,β-unsaturated/α-hetero) is 1. The van der Waals surface area contributed by atoms with E-state index in [2.05, 4.69) is 27.4 Å². The first-order chi connectivity index (χ1) is 21.5. The molecule has 1 spiro atoms. The van der Waals surface area contributed by atoms with Crippen LogP contribution >= 0.6 is 0 Å². The highest BCUT2D eigenvalue weighted by Gasteiger charge is 2.72. The van der Waals surface area contributed by atoms with E-state index >= 15 is 0 Å². The molecule has 2 aromatic carbocycles. The number of carbonyl (C=O) groups excluding carboxylic acids is 2.